The summed E-state index contributed by atoms with van der Waals surface area (Å²) in [7, 11) is 3.28. The second-order valence-electron chi connectivity index (χ2n) is 7.59. The van der Waals surface area contributed by atoms with Crippen LogP contribution >= 0.6 is 0 Å². The fraction of sp³-hybridized carbons (Fsp3) is 0.304. The van der Waals surface area contributed by atoms with Gasteiger partial charge in [-0.2, -0.15) is 0 Å². The first-order valence-electron chi connectivity index (χ1n) is 9.17. The van der Waals surface area contributed by atoms with Crippen molar-refractivity contribution in [2.24, 2.45) is 0 Å². The molecule has 0 amide bonds. The predicted molar refractivity (Wildman–Crippen MR) is 109 cm³/mol. The van der Waals surface area contributed by atoms with Crippen LogP contribution in [0.2, 0.25) is 0 Å². The van der Waals surface area contributed by atoms with Crippen LogP contribution < -0.4 is 9.64 Å². The second kappa shape index (κ2) is 6.87. The summed E-state index contributed by atoms with van der Waals surface area (Å²) in [6, 6.07) is 19.1. The van der Waals surface area contributed by atoms with Gasteiger partial charge in [-0.05, 0) is 29.1 Å². The Morgan fingerprint density at radius 3 is 2.44 bits per heavy atom. The number of nitrogens with zero attached hydrogens (tertiary/aromatic N) is 1. The van der Waals surface area contributed by atoms with Gasteiger partial charge in [0.25, 0.3) is 0 Å². The van der Waals surface area contributed by atoms with Gasteiger partial charge in [-0.15, -0.1) is 0 Å². The third kappa shape index (κ3) is 3.05. The van der Waals surface area contributed by atoms with E-state index >= 15 is 0 Å². The Kier molecular flexibility index (Phi) is 4.54. The maximum atomic E-state index is 5.79. The molecule has 3 aromatic carbocycles. The highest BCUT2D eigenvalue weighted by Gasteiger charge is 2.39. The zero-order chi connectivity index (χ0) is 19.0. The Balaban J connectivity index is 1.86. The van der Waals surface area contributed by atoms with Crippen molar-refractivity contribution in [2.75, 3.05) is 25.7 Å². The molecule has 0 radical (unpaired) electrons. The summed E-state index contributed by atoms with van der Waals surface area (Å²) in [5, 5.41) is 2.45. The van der Waals surface area contributed by atoms with E-state index in [4.69, 9.17) is 14.5 Å². The van der Waals surface area contributed by atoms with Gasteiger partial charge in [0.2, 0.25) is 0 Å². The maximum absolute atomic E-state index is 5.79. The smallest absolute Gasteiger partial charge is 0.125 e. The van der Waals surface area contributed by atoms with Gasteiger partial charge in [0.05, 0.1) is 19.9 Å². The lowest BCUT2D eigenvalue weighted by Gasteiger charge is -2.23. The van der Waals surface area contributed by atoms with Gasteiger partial charge >= 0.3 is 0 Å². The van der Waals surface area contributed by atoms with Crippen molar-refractivity contribution >= 4 is 22.1 Å². The Labute approximate surface area is 160 Å². The molecule has 1 heterocycles. The first kappa shape index (κ1) is 17.8. The minimum Gasteiger partial charge on any atom is -0.496 e. The van der Waals surface area contributed by atoms with Crippen LogP contribution in [0.1, 0.15) is 25.0 Å². The van der Waals surface area contributed by atoms with Crippen molar-refractivity contribution in [3.63, 3.8) is 0 Å². The van der Waals surface area contributed by atoms with E-state index in [0.717, 1.165) is 17.9 Å². The summed E-state index contributed by atoms with van der Waals surface area (Å²) in [4.78, 5) is 12.1. The largest absolute Gasteiger partial charge is 0.496 e. The van der Waals surface area contributed by atoms with Crippen molar-refractivity contribution in [3.8, 4) is 5.75 Å². The van der Waals surface area contributed by atoms with Gasteiger partial charge in [0, 0.05) is 28.6 Å². The first-order chi connectivity index (χ1) is 13.0. The molecule has 0 aliphatic carbocycles. The van der Waals surface area contributed by atoms with Gasteiger partial charge in [-0.3, -0.25) is 0 Å². The molecule has 0 aromatic heterocycles. The highest BCUT2D eigenvalue weighted by molar-refractivity contribution is 6.01. The van der Waals surface area contributed by atoms with Crippen LogP contribution in [0.5, 0.6) is 5.75 Å². The summed E-state index contributed by atoms with van der Waals surface area (Å²) >= 11 is 0. The molecule has 3 aromatic rings. The van der Waals surface area contributed by atoms with Crippen LogP contribution in [-0.4, -0.2) is 20.8 Å². The van der Waals surface area contributed by atoms with Gasteiger partial charge in [-0.25, -0.2) is 9.78 Å². The quantitative estimate of drug-likeness (QED) is 0.451. The zero-order valence-electron chi connectivity index (χ0n) is 16.3. The third-order valence-electron chi connectivity index (χ3n) is 5.30. The first-order valence-corrected chi connectivity index (χ1v) is 9.17. The number of anilines is 2. The average Bonchev–Trinajstić information content (AvgIpc) is 2.98. The summed E-state index contributed by atoms with van der Waals surface area (Å²) in [6.07, 6.45) is 0. The predicted octanol–water partition coefficient (Wildman–Crippen LogP) is 5.36. The molecule has 0 fully saturated rings. The number of fused-ring (bicyclic) bond motifs is 3. The van der Waals surface area contributed by atoms with E-state index in [-0.39, 0.29) is 5.41 Å². The van der Waals surface area contributed by atoms with E-state index in [0.29, 0.717) is 6.61 Å². The molecule has 4 heteroatoms. The number of methoxy groups -OCH3 is 1. The van der Waals surface area contributed by atoms with Crippen LogP contribution in [0.15, 0.2) is 54.6 Å². The molecular weight excluding hydrogens is 338 g/mol. The fourth-order valence-corrected chi connectivity index (χ4v) is 4.07. The van der Waals surface area contributed by atoms with Crippen molar-refractivity contribution in [2.45, 2.75) is 25.9 Å². The highest BCUT2D eigenvalue weighted by atomic mass is 17.2. The normalized spacial score (nSPS) is 15.2. The minimum absolute atomic E-state index is 0.0114. The molecule has 0 saturated carbocycles. The summed E-state index contributed by atoms with van der Waals surface area (Å²) in [6.45, 7) is 5.91. The van der Waals surface area contributed by atoms with Gasteiger partial charge < -0.3 is 9.64 Å². The lowest BCUT2D eigenvalue weighted by molar-refractivity contribution is -0.282. The maximum Gasteiger partial charge on any atom is 0.125 e. The van der Waals surface area contributed by atoms with Crippen LogP contribution in [-0.2, 0) is 21.8 Å². The zero-order valence-corrected chi connectivity index (χ0v) is 16.3. The molecule has 0 unspecified atom stereocenters. The molecule has 0 N–H and O–H groups in total. The third-order valence-corrected chi connectivity index (χ3v) is 5.30. The summed E-state index contributed by atoms with van der Waals surface area (Å²) in [5.41, 5.74) is 4.75. The second-order valence-corrected chi connectivity index (χ2v) is 7.59. The lowest BCUT2D eigenvalue weighted by Crippen LogP contribution is -2.25. The van der Waals surface area contributed by atoms with E-state index in [1.54, 1.807) is 7.11 Å². The lowest BCUT2D eigenvalue weighted by atomic mass is 9.85. The molecule has 0 saturated heterocycles. The number of hydrogen-bond donors (Lipinski definition) is 0. The Morgan fingerprint density at radius 1 is 1.00 bits per heavy atom. The standard InChI is InChI=1S/C23H25NO3/c1-23(2)15-24(18-11-9-16(10-12-18)14-27-26-4)22-19-8-6-5-7-17(19)13-20(25-3)21(22)23/h5-13H,14-15H2,1-4H3. The van der Waals surface area contributed by atoms with E-state index < -0.39 is 0 Å². The number of ether oxygens (including phenoxy) is 1. The van der Waals surface area contributed by atoms with Gasteiger partial charge in [-0.1, -0.05) is 50.2 Å². The minimum atomic E-state index is -0.0114. The van der Waals surface area contributed by atoms with Crippen LogP contribution in [0.3, 0.4) is 0 Å². The summed E-state index contributed by atoms with van der Waals surface area (Å²) < 4.78 is 5.79. The molecular formula is C23H25NO3. The molecule has 140 valence electrons. The molecule has 0 spiro atoms. The Bertz CT molecular complexity index is 963. The fourth-order valence-electron chi connectivity index (χ4n) is 4.07. The molecule has 0 atom stereocenters. The number of hydrogen-bond acceptors (Lipinski definition) is 4. The molecule has 4 nitrogen and oxygen atoms in total. The van der Waals surface area contributed by atoms with E-state index in [9.17, 15) is 0 Å². The van der Waals surface area contributed by atoms with E-state index in [2.05, 4.69) is 73.3 Å². The molecule has 1 aliphatic rings. The van der Waals surface area contributed by atoms with Crippen LogP contribution in [0.25, 0.3) is 10.8 Å². The Morgan fingerprint density at radius 2 is 1.74 bits per heavy atom. The highest BCUT2D eigenvalue weighted by Crippen LogP contribution is 2.52. The number of rotatable bonds is 5. The van der Waals surface area contributed by atoms with E-state index in [1.165, 1.54) is 34.8 Å². The van der Waals surface area contributed by atoms with E-state index in [1.807, 2.05) is 0 Å². The SMILES string of the molecule is COOCc1ccc(N2CC(C)(C)c3c(OC)cc4ccccc4c32)cc1. The van der Waals surface area contributed by atoms with Gasteiger partial charge in [0.15, 0.2) is 0 Å². The topological polar surface area (TPSA) is 30.9 Å². The molecule has 0 bridgehead atoms. The van der Waals surface area contributed by atoms with Crippen molar-refractivity contribution in [1.29, 1.82) is 0 Å². The molecule has 1 aliphatic heterocycles. The molecule has 4 rings (SSSR count). The van der Waals surface area contributed by atoms with Gasteiger partial charge in [0.1, 0.15) is 12.4 Å². The Hall–Kier alpha value is -2.56. The monoisotopic (exact) mass is 363 g/mol. The summed E-state index contributed by atoms with van der Waals surface area (Å²) in [5.74, 6) is 0.960. The van der Waals surface area contributed by atoms with Crippen molar-refractivity contribution in [3.05, 3.63) is 65.7 Å². The van der Waals surface area contributed by atoms with Crippen molar-refractivity contribution < 1.29 is 14.5 Å². The van der Waals surface area contributed by atoms with Crippen LogP contribution in [0.4, 0.5) is 11.4 Å². The molecule has 27 heavy (non-hydrogen) atoms. The number of benzene rings is 3. The average molecular weight is 363 g/mol. The van der Waals surface area contributed by atoms with Crippen LogP contribution in [0, 0.1) is 0 Å². The van der Waals surface area contributed by atoms with Crippen molar-refractivity contribution in [1.82, 2.24) is 0 Å².